The second kappa shape index (κ2) is 9.03. The highest BCUT2D eigenvalue weighted by Crippen LogP contribution is 2.43. The highest BCUT2D eigenvalue weighted by molar-refractivity contribution is 7.80. The topological polar surface area (TPSA) is 70.1 Å². The molecule has 2 amide bonds. The number of carbonyl (C=O) groups excluding carboxylic acids is 2. The number of benzene rings is 2. The van der Waals surface area contributed by atoms with Gasteiger partial charge in [-0.2, -0.15) is 13.2 Å². The Labute approximate surface area is 209 Å². The van der Waals surface area contributed by atoms with Crippen LogP contribution in [-0.4, -0.2) is 38.3 Å². The molecule has 1 aliphatic rings. The summed E-state index contributed by atoms with van der Waals surface area (Å²) in [6.07, 6.45) is -7.69. The lowest BCUT2D eigenvalue weighted by Gasteiger charge is -2.36. The van der Waals surface area contributed by atoms with E-state index in [1.807, 2.05) is 0 Å². The van der Waals surface area contributed by atoms with Gasteiger partial charge in [0.15, 0.2) is 10.7 Å². The van der Waals surface area contributed by atoms with Gasteiger partial charge in [0, 0.05) is 0 Å². The SMILES string of the molecule is CC(C)(C)OC(=O)N1C(=S)N(c2ccc(Cl)c(C(F)(F)F)c2)C(=O)[C@@]1(C)[C@@H](O)c1ccc(F)cc1. The van der Waals surface area contributed by atoms with Crippen molar-refractivity contribution in [2.75, 3.05) is 4.90 Å². The molecule has 1 aliphatic heterocycles. The van der Waals surface area contributed by atoms with Crippen LogP contribution >= 0.6 is 23.8 Å². The maximum atomic E-state index is 13.7. The van der Waals surface area contributed by atoms with E-state index in [1.54, 1.807) is 20.8 Å². The van der Waals surface area contributed by atoms with Gasteiger partial charge in [0.05, 0.1) is 16.3 Å². The van der Waals surface area contributed by atoms with Crippen molar-refractivity contribution in [2.24, 2.45) is 0 Å². The van der Waals surface area contributed by atoms with Crippen LogP contribution in [0.4, 0.5) is 28.0 Å². The molecule has 1 heterocycles. The monoisotopic (exact) mass is 532 g/mol. The number of alkyl halides is 3. The minimum absolute atomic E-state index is 0.0625. The van der Waals surface area contributed by atoms with Gasteiger partial charge in [0.2, 0.25) is 0 Å². The molecular formula is C23H21ClF4N2O4S. The first-order valence-electron chi connectivity index (χ1n) is 10.2. The summed E-state index contributed by atoms with van der Waals surface area (Å²) in [6, 6.07) is 7.21. The number of aliphatic hydroxyl groups is 1. The second-order valence-corrected chi connectivity index (χ2v) is 9.77. The van der Waals surface area contributed by atoms with E-state index in [4.69, 9.17) is 28.6 Å². The van der Waals surface area contributed by atoms with Crippen LogP contribution in [0.15, 0.2) is 42.5 Å². The molecule has 0 radical (unpaired) electrons. The lowest BCUT2D eigenvalue weighted by molar-refractivity contribution is -0.137. The summed E-state index contributed by atoms with van der Waals surface area (Å²) < 4.78 is 59.2. The first kappa shape index (κ1) is 26.8. The number of aliphatic hydroxyl groups excluding tert-OH is 1. The van der Waals surface area contributed by atoms with Gasteiger partial charge in [-0.1, -0.05) is 23.7 Å². The van der Waals surface area contributed by atoms with Gasteiger partial charge in [0.1, 0.15) is 17.5 Å². The average molecular weight is 533 g/mol. The predicted molar refractivity (Wildman–Crippen MR) is 124 cm³/mol. The van der Waals surface area contributed by atoms with E-state index < -0.39 is 56.9 Å². The predicted octanol–water partition coefficient (Wildman–Crippen LogP) is 5.86. The third kappa shape index (κ3) is 4.98. The molecule has 0 unspecified atom stereocenters. The molecule has 0 saturated carbocycles. The van der Waals surface area contributed by atoms with Crippen molar-refractivity contribution < 1.29 is 37.0 Å². The standard InChI is InChI=1S/C23H21ClF4N2O4S/c1-21(2,3)34-20(33)30-19(35)29(14-9-10-16(24)15(11-14)23(26,27)28)18(32)22(30,4)17(31)12-5-7-13(25)8-6-12/h5-11,17,31H,1-4H3/t17-,22+/m0/s1. The molecule has 1 saturated heterocycles. The van der Waals surface area contributed by atoms with Crippen molar-refractivity contribution in [1.29, 1.82) is 0 Å². The number of hydrogen-bond donors (Lipinski definition) is 1. The van der Waals surface area contributed by atoms with Gasteiger partial charge in [0.25, 0.3) is 5.91 Å². The number of halogens is 5. The molecule has 0 spiro atoms. The van der Waals surface area contributed by atoms with Crippen molar-refractivity contribution in [3.8, 4) is 0 Å². The molecule has 0 aromatic heterocycles. The van der Waals surface area contributed by atoms with Crippen LogP contribution in [0.2, 0.25) is 5.02 Å². The van der Waals surface area contributed by atoms with Crippen molar-refractivity contribution in [3.05, 3.63) is 64.4 Å². The third-order valence-electron chi connectivity index (χ3n) is 5.29. The van der Waals surface area contributed by atoms with Gasteiger partial charge < -0.3 is 9.84 Å². The summed E-state index contributed by atoms with van der Waals surface area (Å²) in [7, 11) is 0. The smallest absolute Gasteiger partial charge is 0.417 e. The Morgan fingerprint density at radius 2 is 1.71 bits per heavy atom. The minimum atomic E-state index is -4.83. The lowest BCUT2D eigenvalue weighted by Crippen LogP contribution is -2.55. The summed E-state index contributed by atoms with van der Waals surface area (Å²) in [5.74, 6) is -1.61. The van der Waals surface area contributed by atoms with E-state index in [0.29, 0.717) is 15.9 Å². The fourth-order valence-electron chi connectivity index (χ4n) is 3.59. The first-order valence-corrected chi connectivity index (χ1v) is 11.0. The van der Waals surface area contributed by atoms with Crippen LogP contribution in [0.1, 0.15) is 44.9 Å². The molecule has 188 valence electrons. The molecule has 35 heavy (non-hydrogen) atoms. The number of nitrogens with zero attached hydrogens (tertiary/aromatic N) is 2. The summed E-state index contributed by atoms with van der Waals surface area (Å²) in [5.41, 5.74) is -4.65. The zero-order valence-electron chi connectivity index (χ0n) is 19.0. The maximum Gasteiger partial charge on any atom is 0.417 e. The van der Waals surface area contributed by atoms with Crippen LogP contribution in [0.25, 0.3) is 0 Å². The Kier molecular flexibility index (Phi) is 6.93. The maximum absolute atomic E-state index is 13.7. The summed E-state index contributed by atoms with van der Waals surface area (Å²) in [4.78, 5) is 28.3. The third-order valence-corrected chi connectivity index (χ3v) is 5.99. The second-order valence-electron chi connectivity index (χ2n) is 9.00. The van der Waals surface area contributed by atoms with Crippen molar-refractivity contribution in [3.63, 3.8) is 0 Å². The molecule has 12 heteroatoms. The van der Waals surface area contributed by atoms with E-state index in [1.165, 1.54) is 19.1 Å². The highest BCUT2D eigenvalue weighted by atomic mass is 35.5. The van der Waals surface area contributed by atoms with Crippen LogP contribution < -0.4 is 4.90 Å². The molecule has 0 bridgehead atoms. The van der Waals surface area contributed by atoms with E-state index in [9.17, 15) is 32.3 Å². The Hall–Kier alpha value is -2.76. The average Bonchev–Trinajstić information content (AvgIpc) is 2.93. The molecular weight excluding hydrogens is 512 g/mol. The molecule has 2 aromatic carbocycles. The number of hydrogen-bond acceptors (Lipinski definition) is 5. The zero-order chi connectivity index (χ0) is 26.5. The van der Waals surface area contributed by atoms with E-state index in [2.05, 4.69) is 0 Å². The minimum Gasteiger partial charge on any atom is -0.443 e. The summed E-state index contributed by atoms with van der Waals surface area (Å²) in [5, 5.41) is 10.1. The normalized spacial score (nSPS) is 19.8. The van der Waals surface area contributed by atoms with Crippen LogP contribution in [0, 0.1) is 5.82 Å². The zero-order valence-corrected chi connectivity index (χ0v) is 20.6. The number of rotatable bonds is 3. The Morgan fingerprint density at radius 1 is 1.14 bits per heavy atom. The summed E-state index contributed by atoms with van der Waals surface area (Å²) in [6.45, 7) is 5.88. The Morgan fingerprint density at radius 3 is 2.23 bits per heavy atom. The first-order chi connectivity index (χ1) is 16.0. The molecule has 2 atom stereocenters. The van der Waals surface area contributed by atoms with E-state index in [-0.39, 0.29) is 11.3 Å². The van der Waals surface area contributed by atoms with Crippen molar-refractivity contribution >= 4 is 46.6 Å². The van der Waals surface area contributed by atoms with Gasteiger partial charge >= 0.3 is 12.3 Å². The number of amides is 2. The Balaban J connectivity index is 2.18. The van der Waals surface area contributed by atoms with Crippen LogP contribution in [0.3, 0.4) is 0 Å². The molecule has 0 aliphatic carbocycles. The Bertz CT molecular complexity index is 1180. The number of thiocarbonyl (C=S) groups is 1. The number of carbonyl (C=O) groups is 2. The molecule has 6 nitrogen and oxygen atoms in total. The highest BCUT2D eigenvalue weighted by Gasteiger charge is 2.61. The van der Waals surface area contributed by atoms with Gasteiger partial charge in [-0.3, -0.25) is 9.69 Å². The quantitative estimate of drug-likeness (QED) is 0.396. The van der Waals surface area contributed by atoms with E-state index >= 15 is 0 Å². The summed E-state index contributed by atoms with van der Waals surface area (Å²) >= 11 is 11.0. The number of anilines is 1. The van der Waals surface area contributed by atoms with Gasteiger partial charge in [-0.05, 0) is 75.8 Å². The number of ether oxygens (including phenoxy) is 1. The van der Waals surface area contributed by atoms with Crippen LogP contribution in [0.5, 0.6) is 0 Å². The van der Waals surface area contributed by atoms with Crippen molar-refractivity contribution in [1.82, 2.24) is 4.90 Å². The fraction of sp³-hybridized carbons (Fsp3) is 0.348. The van der Waals surface area contributed by atoms with Crippen LogP contribution in [-0.2, 0) is 15.7 Å². The molecule has 3 rings (SSSR count). The molecule has 1 N–H and O–H groups in total. The lowest BCUT2D eigenvalue weighted by atomic mass is 9.88. The fourth-order valence-corrected chi connectivity index (χ4v) is 4.27. The van der Waals surface area contributed by atoms with Gasteiger partial charge in [-0.25, -0.2) is 14.1 Å². The largest absolute Gasteiger partial charge is 0.443 e. The van der Waals surface area contributed by atoms with Gasteiger partial charge in [-0.15, -0.1) is 0 Å². The van der Waals surface area contributed by atoms with E-state index in [0.717, 1.165) is 24.3 Å². The van der Waals surface area contributed by atoms with Crippen molar-refractivity contribution in [2.45, 2.75) is 51.1 Å². The molecule has 1 fully saturated rings. The molecule has 2 aromatic rings.